The van der Waals surface area contributed by atoms with Crippen molar-refractivity contribution < 1.29 is 26.6 Å². The van der Waals surface area contributed by atoms with Crippen molar-refractivity contribution in [2.75, 3.05) is 66.8 Å². The minimum Gasteiger partial charge on any atom is -0.374 e. The average Bonchev–Trinajstić information content (AvgIpc) is 2.70. The lowest BCUT2D eigenvalue weighted by Crippen LogP contribution is -2.46. The quantitative estimate of drug-likeness (QED) is 0.207. The SMILES string of the molecule is CCO[Si](CCCNC)(OCC)OCC.CCO[Si](CCCNC)(OCC)OCC. The molecule has 0 unspecified atom stereocenters. The van der Waals surface area contributed by atoms with Crippen LogP contribution in [-0.2, 0) is 26.6 Å². The number of rotatable bonds is 20. The van der Waals surface area contributed by atoms with E-state index in [0.717, 1.165) is 38.0 Å². The van der Waals surface area contributed by atoms with Gasteiger partial charge >= 0.3 is 17.6 Å². The Labute approximate surface area is 188 Å². The molecule has 0 fully saturated rings. The molecule has 0 aromatic heterocycles. The van der Waals surface area contributed by atoms with Crippen LogP contribution in [0.4, 0.5) is 0 Å². The van der Waals surface area contributed by atoms with Gasteiger partial charge in [0.2, 0.25) is 0 Å². The van der Waals surface area contributed by atoms with Crippen molar-refractivity contribution in [2.45, 2.75) is 66.5 Å². The van der Waals surface area contributed by atoms with Crippen LogP contribution in [0, 0.1) is 0 Å². The third-order valence-electron chi connectivity index (χ3n) is 4.00. The molecule has 10 heteroatoms. The Hall–Kier alpha value is 0.114. The predicted octanol–water partition coefficient (Wildman–Crippen LogP) is 3.29. The first kappa shape index (κ1) is 32.3. The van der Waals surface area contributed by atoms with E-state index in [2.05, 4.69) is 10.6 Å². The summed E-state index contributed by atoms with van der Waals surface area (Å²) in [6, 6.07) is 1.78. The van der Waals surface area contributed by atoms with Crippen LogP contribution in [0.3, 0.4) is 0 Å². The normalized spacial score (nSPS) is 12.0. The molecule has 0 saturated carbocycles. The lowest BCUT2D eigenvalue weighted by molar-refractivity contribution is 0.0700. The Morgan fingerprint density at radius 2 is 0.700 bits per heavy atom. The van der Waals surface area contributed by atoms with Gasteiger partial charge in [-0.1, -0.05) is 0 Å². The summed E-state index contributed by atoms with van der Waals surface area (Å²) in [6.45, 7) is 17.8. The van der Waals surface area contributed by atoms with Crippen molar-refractivity contribution in [1.82, 2.24) is 10.6 Å². The zero-order valence-electron chi connectivity index (χ0n) is 20.9. The second-order valence-corrected chi connectivity index (χ2v) is 11.8. The maximum atomic E-state index is 5.72. The molecule has 0 atom stereocenters. The maximum absolute atomic E-state index is 5.72. The van der Waals surface area contributed by atoms with E-state index in [9.17, 15) is 0 Å². The van der Waals surface area contributed by atoms with Gasteiger partial charge in [-0.05, 0) is 81.6 Å². The molecular formula is C20H50N2O6Si2. The Kier molecular flexibility index (Phi) is 24.0. The van der Waals surface area contributed by atoms with Gasteiger partial charge in [0.05, 0.1) is 0 Å². The van der Waals surface area contributed by atoms with E-state index >= 15 is 0 Å². The van der Waals surface area contributed by atoms with Crippen LogP contribution >= 0.6 is 0 Å². The molecule has 0 spiro atoms. The lowest BCUT2D eigenvalue weighted by Gasteiger charge is -2.28. The van der Waals surface area contributed by atoms with Gasteiger partial charge in [-0.3, -0.25) is 0 Å². The van der Waals surface area contributed by atoms with Crippen molar-refractivity contribution in [3.05, 3.63) is 0 Å². The molecule has 0 aromatic rings. The molecule has 0 aliphatic carbocycles. The van der Waals surface area contributed by atoms with Gasteiger partial charge in [0, 0.05) is 51.7 Å². The molecule has 8 nitrogen and oxygen atoms in total. The van der Waals surface area contributed by atoms with Crippen LogP contribution in [0.15, 0.2) is 0 Å². The fraction of sp³-hybridized carbons (Fsp3) is 1.00. The minimum atomic E-state index is -2.37. The largest absolute Gasteiger partial charge is 0.500 e. The van der Waals surface area contributed by atoms with E-state index in [1.807, 2.05) is 55.6 Å². The van der Waals surface area contributed by atoms with Gasteiger partial charge in [-0.2, -0.15) is 0 Å². The van der Waals surface area contributed by atoms with Crippen molar-refractivity contribution in [1.29, 1.82) is 0 Å². The summed E-state index contributed by atoms with van der Waals surface area (Å²) in [7, 11) is -0.846. The number of hydrogen-bond donors (Lipinski definition) is 2. The predicted molar refractivity (Wildman–Crippen MR) is 128 cm³/mol. The Balaban J connectivity index is 0. The summed E-state index contributed by atoms with van der Waals surface area (Å²) in [5.74, 6) is 0. The standard InChI is InChI=1S/2C10H25NO3Si/c2*1-5-12-15(13-6-2,14-7-3)10-8-9-11-4/h2*11H,5-10H2,1-4H3. The van der Waals surface area contributed by atoms with Crippen LogP contribution in [0.2, 0.25) is 12.1 Å². The lowest BCUT2D eigenvalue weighted by atomic mass is 10.5. The highest BCUT2D eigenvalue weighted by Crippen LogP contribution is 2.18. The molecular weight excluding hydrogens is 420 g/mol. The van der Waals surface area contributed by atoms with E-state index in [1.54, 1.807) is 0 Å². The summed E-state index contributed by atoms with van der Waals surface area (Å²) in [4.78, 5) is 0. The summed E-state index contributed by atoms with van der Waals surface area (Å²) in [5.41, 5.74) is 0. The summed E-state index contributed by atoms with van der Waals surface area (Å²) in [6.07, 6.45) is 2.06. The van der Waals surface area contributed by atoms with E-state index < -0.39 is 17.6 Å². The molecule has 0 aliphatic heterocycles. The van der Waals surface area contributed by atoms with E-state index in [1.165, 1.54) is 0 Å². The van der Waals surface area contributed by atoms with Crippen molar-refractivity contribution in [3.63, 3.8) is 0 Å². The first-order valence-electron chi connectivity index (χ1n) is 11.6. The van der Waals surface area contributed by atoms with Crippen LogP contribution in [-0.4, -0.2) is 84.4 Å². The van der Waals surface area contributed by atoms with Gasteiger partial charge in [0.25, 0.3) is 0 Å². The first-order chi connectivity index (χ1) is 14.5. The zero-order chi connectivity index (χ0) is 23.1. The third-order valence-corrected chi connectivity index (χ3v) is 10.3. The molecule has 0 rings (SSSR count). The molecule has 2 N–H and O–H groups in total. The van der Waals surface area contributed by atoms with Crippen molar-refractivity contribution >= 4 is 17.6 Å². The highest BCUT2D eigenvalue weighted by Gasteiger charge is 2.40. The van der Waals surface area contributed by atoms with Gasteiger partial charge in [-0.25, -0.2) is 0 Å². The third kappa shape index (κ3) is 15.8. The minimum absolute atomic E-state index is 0.659. The Bertz CT molecular complexity index is 291. The highest BCUT2D eigenvalue weighted by molar-refractivity contribution is 6.61. The monoisotopic (exact) mass is 470 g/mol. The molecule has 184 valence electrons. The van der Waals surface area contributed by atoms with Gasteiger partial charge in [0.1, 0.15) is 0 Å². The number of hydrogen-bond acceptors (Lipinski definition) is 8. The zero-order valence-corrected chi connectivity index (χ0v) is 22.9. The van der Waals surface area contributed by atoms with Crippen LogP contribution in [0.1, 0.15) is 54.4 Å². The molecule has 0 heterocycles. The second-order valence-electron chi connectivity index (χ2n) is 6.38. The molecule has 0 saturated heterocycles. The Morgan fingerprint density at radius 3 is 0.867 bits per heavy atom. The smallest absolute Gasteiger partial charge is 0.374 e. The van der Waals surface area contributed by atoms with Gasteiger partial charge < -0.3 is 37.2 Å². The first-order valence-corrected chi connectivity index (χ1v) is 15.5. The van der Waals surface area contributed by atoms with Crippen LogP contribution in [0.5, 0.6) is 0 Å². The maximum Gasteiger partial charge on any atom is 0.500 e. The summed E-state index contributed by atoms with van der Waals surface area (Å²) < 4.78 is 34.3. The topological polar surface area (TPSA) is 79.4 Å². The molecule has 0 amide bonds. The molecule has 0 aromatic carbocycles. The Morgan fingerprint density at radius 1 is 0.467 bits per heavy atom. The molecule has 0 radical (unpaired) electrons. The summed E-state index contributed by atoms with van der Waals surface area (Å²) in [5, 5.41) is 6.24. The van der Waals surface area contributed by atoms with Gasteiger partial charge in [0.15, 0.2) is 0 Å². The second kappa shape index (κ2) is 22.3. The van der Waals surface area contributed by atoms with E-state index in [0.29, 0.717) is 39.6 Å². The number of nitrogens with one attached hydrogen (secondary N) is 2. The van der Waals surface area contributed by atoms with Crippen molar-refractivity contribution in [2.24, 2.45) is 0 Å². The molecule has 30 heavy (non-hydrogen) atoms. The molecule has 0 bridgehead atoms. The average molecular weight is 471 g/mol. The van der Waals surface area contributed by atoms with Crippen molar-refractivity contribution in [3.8, 4) is 0 Å². The van der Waals surface area contributed by atoms with E-state index in [-0.39, 0.29) is 0 Å². The summed E-state index contributed by atoms with van der Waals surface area (Å²) >= 11 is 0. The fourth-order valence-electron chi connectivity index (χ4n) is 2.97. The van der Waals surface area contributed by atoms with Crippen LogP contribution < -0.4 is 10.6 Å². The van der Waals surface area contributed by atoms with E-state index in [4.69, 9.17) is 26.6 Å². The molecule has 0 aliphatic rings. The fourth-order valence-corrected chi connectivity index (χ4v) is 8.19. The highest BCUT2D eigenvalue weighted by atomic mass is 28.4. The van der Waals surface area contributed by atoms with Gasteiger partial charge in [-0.15, -0.1) is 0 Å². The van der Waals surface area contributed by atoms with Crippen LogP contribution in [0.25, 0.3) is 0 Å².